The van der Waals surface area contributed by atoms with Crippen LogP contribution in [-0.4, -0.2) is 32.4 Å². The third-order valence-corrected chi connectivity index (χ3v) is 4.45. The molecule has 0 atom stereocenters. The molecule has 138 valence electrons. The molecule has 0 unspecified atom stereocenters. The van der Waals surface area contributed by atoms with Gasteiger partial charge in [0.05, 0.1) is 17.7 Å². The fraction of sp³-hybridized carbons (Fsp3) is 0.125. The molecule has 2 aromatic carbocycles. The third-order valence-electron chi connectivity index (χ3n) is 3.20. The molecular formula is C16H17N3O6S. The number of hydrogen-bond donors (Lipinski definition) is 4. The average molecular weight is 379 g/mol. The lowest BCUT2D eigenvalue weighted by Gasteiger charge is -2.12. The molecule has 2 aromatic rings. The number of phenolic OH excluding ortho intramolecular Hbond substituents is 1. The van der Waals surface area contributed by atoms with E-state index in [2.05, 4.69) is 10.7 Å². The number of phenols is 1. The fourth-order valence-electron chi connectivity index (χ4n) is 2.02. The summed E-state index contributed by atoms with van der Waals surface area (Å²) < 4.78 is 29.7. The first-order valence-electron chi connectivity index (χ1n) is 7.30. The van der Waals surface area contributed by atoms with Gasteiger partial charge in [0.25, 0.3) is 15.9 Å². The summed E-state index contributed by atoms with van der Waals surface area (Å²) in [7, 11) is -2.76. The average Bonchev–Trinajstić information content (AvgIpc) is 2.59. The highest BCUT2D eigenvalue weighted by atomic mass is 32.2. The molecule has 0 fully saturated rings. The van der Waals surface area contributed by atoms with Gasteiger partial charge in [-0.05, 0) is 30.3 Å². The van der Waals surface area contributed by atoms with Crippen molar-refractivity contribution in [2.24, 2.45) is 0 Å². The summed E-state index contributed by atoms with van der Waals surface area (Å²) in [6.45, 7) is 1.31. The topological polar surface area (TPSA) is 134 Å². The molecule has 0 saturated carbocycles. The van der Waals surface area contributed by atoms with Crippen LogP contribution in [0.1, 0.15) is 17.3 Å². The van der Waals surface area contributed by atoms with E-state index in [0.717, 1.165) is 0 Å². The third kappa shape index (κ3) is 4.71. The molecule has 0 aliphatic rings. The SMILES string of the molecule is COc1cc(S(=O)(=O)NNC(=O)c2cccc(O)c2)ccc1NC(C)=O. The Morgan fingerprint density at radius 3 is 2.46 bits per heavy atom. The minimum Gasteiger partial charge on any atom is -0.508 e. The molecule has 4 N–H and O–H groups in total. The predicted molar refractivity (Wildman–Crippen MR) is 93.2 cm³/mol. The van der Waals surface area contributed by atoms with Crippen LogP contribution in [0.15, 0.2) is 47.4 Å². The number of anilines is 1. The van der Waals surface area contributed by atoms with Gasteiger partial charge in [-0.3, -0.25) is 15.0 Å². The first kappa shape index (κ1) is 19.2. The van der Waals surface area contributed by atoms with Crippen molar-refractivity contribution in [1.82, 2.24) is 10.3 Å². The summed E-state index contributed by atoms with van der Waals surface area (Å²) in [5.41, 5.74) is 2.43. The van der Waals surface area contributed by atoms with Gasteiger partial charge in [-0.15, -0.1) is 4.83 Å². The molecule has 26 heavy (non-hydrogen) atoms. The predicted octanol–water partition coefficient (Wildman–Crippen LogP) is 0.982. The maximum Gasteiger partial charge on any atom is 0.266 e. The van der Waals surface area contributed by atoms with Crippen molar-refractivity contribution in [3.05, 3.63) is 48.0 Å². The highest BCUT2D eigenvalue weighted by Gasteiger charge is 2.18. The Hall–Kier alpha value is -3.11. The number of sulfonamides is 1. The molecule has 10 heteroatoms. The summed E-state index contributed by atoms with van der Waals surface area (Å²) in [5, 5.41) is 11.9. The minimum atomic E-state index is -4.09. The van der Waals surface area contributed by atoms with Crippen molar-refractivity contribution >= 4 is 27.5 Å². The van der Waals surface area contributed by atoms with Crippen LogP contribution in [0.2, 0.25) is 0 Å². The summed E-state index contributed by atoms with van der Waals surface area (Å²) >= 11 is 0. The van der Waals surface area contributed by atoms with Gasteiger partial charge < -0.3 is 15.2 Å². The maximum absolute atomic E-state index is 12.3. The van der Waals surface area contributed by atoms with E-state index >= 15 is 0 Å². The van der Waals surface area contributed by atoms with Gasteiger partial charge in [-0.25, -0.2) is 8.42 Å². The zero-order chi connectivity index (χ0) is 19.3. The summed E-state index contributed by atoms with van der Waals surface area (Å²) in [6, 6.07) is 9.24. The van der Waals surface area contributed by atoms with Gasteiger partial charge in [0.2, 0.25) is 5.91 Å². The van der Waals surface area contributed by atoms with Gasteiger partial charge in [-0.1, -0.05) is 6.07 Å². The van der Waals surface area contributed by atoms with Crippen molar-refractivity contribution in [2.75, 3.05) is 12.4 Å². The minimum absolute atomic E-state index is 0.0753. The second kappa shape index (κ2) is 7.85. The van der Waals surface area contributed by atoms with E-state index in [9.17, 15) is 23.1 Å². The molecule has 2 rings (SSSR count). The van der Waals surface area contributed by atoms with Crippen molar-refractivity contribution in [1.29, 1.82) is 0 Å². The van der Waals surface area contributed by atoms with Crippen molar-refractivity contribution < 1.29 is 27.9 Å². The number of carbonyl (C=O) groups is 2. The first-order chi connectivity index (χ1) is 12.2. The van der Waals surface area contributed by atoms with Crippen LogP contribution in [-0.2, 0) is 14.8 Å². The van der Waals surface area contributed by atoms with E-state index < -0.39 is 15.9 Å². The van der Waals surface area contributed by atoms with E-state index in [1.54, 1.807) is 0 Å². The van der Waals surface area contributed by atoms with E-state index in [1.165, 1.54) is 56.5 Å². The molecule has 0 aliphatic carbocycles. The van der Waals surface area contributed by atoms with E-state index in [-0.39, 0.29) is 27.9 Å². The lowest BCUT2D eigenvalue weighted by molar-refractivity contribution is -0.114. The van der Waals surface area contributed by atoms with Gasteiger partial charge in [0.15, 0.2) is 0 Å². The molecule has 9 nitrogen and oxygen atoms in total. The Labute approximate surface area is 150 Å². The molecule has 0 radical (unpaired) electrons. The standard InChI is InChI=1S/C16H17N3O6S/c1-10(20)17-14-7-6-13(9-15(14)25-2)26(23,24)19-18-16(22)11-4-3-5-12(21)8-11/h3-9,19,21H,1-2H3,(H,17,20)(H,18,22). The second-order valence-electron chi connectivity index (χ2n) is 5.15. The Balaban J connectivity index is 2.17. The monoisotopic (exact) mass is 379 g/mol. The summed E-state index contributed by atoms with van der Waals surface area (Å²) in [6.07, 6.45) is 0. The van der Waals surface area contributed by atoms with Crippen molar-refractivity contribution in [3.8, 4) is 11.5 Å². The highest BCUT2D eigenvalue weighted by Crippen LogP contribution is 2.27. The van der Waals surface area contributed by atoms with Crippen LogP contribution in [0, 0.1) is 0 Å². The van der Waals surface area contributed by atoms with E-state index in [4.69, 9.17) is 4.74 Å². The van der Waals surface area contributed by atoms with E-state index in [0.29, 0.717) is 5.69 Å². The zero-order valence-electron chi connectivity index (χ0n) is 13.9. The van der Waals surface area contributed by atoms with Crippen LogP contribution in [0.4, 0.5) is 5.69 Å². The molecule has 0 aromatic heterocycles. The number of rotatable bonds is 6. The number of methoxy groups -OCH3 is 1. The Bertz CT molecular complexity index is 943. The molecule has 2 amide bonds. The van der Waals surface area contributed by atoms with Crippen LogP contribution < -0.4 is 20.3 Å². The summed E-state index contributed by atoms with van der Waals surface area (Å²) in [5.74, 6) is -1.07. The maximum atomic E-state index is 12.3. The van der Waals surface area contributed by atoms with Gasteiger partial charge in [-0.2, -0.15) is 0 Å². The number of aromatic hydroxyl groups is 1. The van der Waals surface area contributed by atoms with Crippen molar-refractivity contribution in [2.45, 2.75) is 11.8 Å². The van der Waals surface area contributed by atoms with E-state index in [1.807, 2.05) is 4.83 Å². The Morgan fingerprint density at radius 2 is 1.85 bits per heavy atom. The van der Waals surface area contributed by atoms with Gasteiger partial charge in [0, 0.05) is 18.6 Å². The highest BCUT2D eigenvalue weighted by molar-refractivity contribution is 7.89. The van der Waals surface area contributed by atoms with Crippen LogP contribution >= 0.6 is 0 Å². The largest absolute Gasteiger partial charge is 0.508 e. The zero-order valence-corrected chi connectivity index (χ0v) is 14.8. The number of benzene rings is 2. The quantitative estimate of drug-likeness (QED) is 0.553. The Morgan fingerprint density at radius 1 is 1.12 bits per heavy atom. The number of hydrazine groups is 1. The lowest BCUT2D eigenvalue weighted by atomic mass is 10.2. The van der Waals surface area contributed by atoms with Crippen LogP contribution in [0.3, 0.4) is 0 Å². The molecular weight excluding hydrogens is 362 g/mol. The normalized spacial score (nSPS) is 10.8. The molecule has 0 spiro atoms. The number of ether oxygens (including phenoxy) is 1. The number of hydrogen-bond acceptors (Lipinski definition) is 6. The molecule has 0 saturated heterocycles. The van der Waals surface area contributed by atoms with Gasteiger partial charge >= 0.3 is 0 Å². The molecule has 0 bridgehead atoms. The first-order valence-corrected chi connectivity index (χ1v) is 8.78. The second-order valence-corrected chi connectivity index (χ2v) is 6.84. The lowest BCUT2D eigenvalue weighted by Crippen LogP contribution is -2.41. The Kier molecular flexibility index (Phi) is 5.80. The molecule has 0 aliphatic heterocycles. The molecule has 0 heterocycles. The smallest absolute Gasteiger partial charge is 0.266 e. The van der Waals surface area contributed by atoms with Crippen molar-refractivity contribution in [3.63, 3.8) is 0 Å². The van der Waals surface area contributed by atoms with Crippen LogP contribution in [0.25, 0.3) is 0 Å². The van der Waals surface area contributed by atoms with Crippen LogP contribution in [0.5, 0.6) is 11.5 Å². The number of amides is 2. The fourth-order valence-corrected chi connectivity index (χ4v) is 2.88. The number of nitrogens with one attached hydrogen (secondary N) is 3. The van der Waals surface area contributed by atoms with Gasteiger partial charge in [0.1, 0.15) is 11.5 Å². The summed E-state index contributed by atoms with van der Waals surface area (Å²) in [4.78, 5) is 24.9. The number of carbonyl (C=O) groups excluding carboxylic acids is 2.